The van der Waals surface area contributed by atoms with Gasteiger partial charge < -0.3 is 14.4 Å². The van der Waals surface area contributed by atoms with Crippen molar-refractivity contribution in [2.75, 3.05) is 7.11 Å². The molecule has 0 atom stereocenters. The summed E-state index contributed by atoms with van der Waals surface area (Å²) in [7, 11) is 1.44. The smallest absolute Gasteiger partial charge is 0.352 e. The van der Waals surface area contributed by atoms with Crippen LogP contribution in [0.25, 0.3) is 0 Å². The SMILES string of the molecule is COc1cn(C(C2CC2)C2CC2)c(C(=O)O)cc1=O. The number of carboxylic acids is 1. The van der Waals surface area contributed by atoms with Gasteiger partial charge in [0.2, 0.25) is 5.43 Å². The van der Waals surface area contributed by atoms with E-state index < -0.39 is 5.97 Å². The van der Waals surface area contributed by atoms with Crippen molar-refractivity contribution in [1.82, 2.24) is 4.57 Å². The fourth-order valence-corrected chi connectivity index (χ4v) is 2.82. The molecule has 0 aromatic carbocycles. The van der Waals surface area contributed by atoms with Gasteiger partial charge in [0, 0.05) is 12.1 Å². The van der Waals surface area contributed by atoms with Gasteiger partial charge in [0.1, 0.15) is 5.69 Å². The molecule has 2 fully saturated rings. The molecule has 0 spiro atoms. The quantitative estimate of drug-likeness (QED) is 0.881. The second kappa shape index (κ2) is 4.40. The van der Waals surface area contributed by atoms with Gasteiger partial charge in [0.25, 0.3) is 0 Å². The van der Waals surface area contributed by atoms with Crippen molar-refractivity contribution in [3.8, 4) is 5.75 Å². The standard InChI is InChI=1S/C14H17NO4/c1-19-12-7-15(10(14(17)18)6-11(12)16)13(8-2-3-8)9-4-5-9/h6-9,13H,2-5H2,1H3,(H,17,18). The third-order valence-electron chi connectivity index (χ3n) is 4.02. The van der Waals surface area contributed by atoms with Crippen LogP contribution in [0.5, 0.6) is 5.75 Å². The fourth-order valence-electron chi connectivity index (χ4n) is 2.82. The van der Waals surface area contributed by atoms with E-state index >= 15 is 0 Å². The largest absolute Gasteiger partial charge is 0.491 e. The van der Waals surface area contributed by atoms with E-state index in [1.807, 2.05) is 0 Å². The lowest BCUT2D eigenvalue weighted by Crippen LogP contribution is -2.24. The Kier molecular flexibility index (Phi) is 2.84. The van der Waals surface area contributed by atoms with Crippen LogP contribution in [0.3, 0.4) is 0 Å². The van der Waals surface area contributed by atoms with Crippen molar-refractivity contribution in [2.24, 2.45) is 11.8 Å². The van der Waals surface area contributed by atoms with E-state index in [4.69, 9.17) is 4.74 Å². The van der Waals surface area contributed by atoms with E-state index in [2.05, 4.69) is 0 Å². The van der Waals surface area contributed by atoms with Crippen LogP contribution in [-0.2, 0) is 0 Å². The van der Waals surface area contributed by atoms with Crippen molar-refractivity contribution in [1.29, 1.82) is 0 Å². The normalized spacial score (nSPS) is 18.6. The van der Waals surface area contributed by atoms with Gasteiger partial charge >= 0.3 is 5.97 Å². The average molecular weight is 263 g/mol. The van der Waals surface area contributed by atoms with Gasteiger partial charge in [-0.1, -0.05) is 0 Å². The van der Waals surface area contributed by atoms with Crippen LogP contribution >= 0.6 is 0 Å². The van der Waals surface area contributed by atoms with Crippen LogP contribution < -0.4 is 10.2 Å². The molecule has 0 radical (unpaired) electrons. The lowest BCUT2D eigenvalue weighted by atomic mass is 10.1. The highest BCUT2D eigenvalue weighted by atomic mass is 16.5. The molecule has 0 aliphatic heterocycles. The molecule has 2 aliphatic rings. The number of hydrogen-bond donors (Lipinski definition) is 1. The van der Waals surface area contributed by atoms with Crippen LogP contribution in [0, 0.1) is 11.8 Å². The number of hydrogen-bond acceptors (Lipinski definition) is 3. The second-order valence-electron chi connectivity index (χ2n) is 5.47. The number of pyridine rings is 1. The molecule has 0 bridgehead atoms. The Morgan fingerprint density at radius 3 is 2.37 bits per heavy atom. The molecular formula is C14H17NO4. The fraction of sp³-hybridized carbons (Fsp3) is 0.571. The first-order chi connectivity index (χ1) is 9.11. The lowest BCUT2D eigenvalue weighted by Gasteiger charge is -2.23. The minimum atomic E-state index is -1.05. The van der Waals surface area contributed by atoms with E-state index in [0.717, 1.165) is 25.7 Å². The van der Waals surface area contributed by atoms with Crippen LogP contribution in [0.1, 0.15) is 42.2 Å². The highest BCUT2D eigenvalue weighted by molar-refractivity contribution is 5.85. The van der Waals surface area contributed by atoms with Crippen molar-refractivity contribution in [2.45, 2.75) is 31.7 Å². The Balaban J connectivity index is 2.10. The molecular weight excluding hydrogens is 246 g/mol. The molecule has 0 saturated heterocycles. The number of methoxy groups -OCH3 is 1. The topological polar surface area (TPSA) is 68.5 Å². The van der Waals surface area contributed by atoms with Gasteiger partial charge in [-0.3, -0.25) is 4.79 Å². The molecule has 0 amide bonds. The molecule has 1 aromatic rings. The number of aromatic carboxylic acids is 1. The maximum Gasteiger partial charge on any atom is 0.352 e. The van der Waals surface area contributed by atoms with Crippen LogP contribution in [0.15, 0.2) is 17.1 Å². The van der Waals surface area contributed by atoms with Gasteiger partial charge in [-0.15, -0.1) is 0 Å². The third kappa shape index (κ3) is 2.25. The number of nitrogens with zero attached hydrogens (tertiary/aromatic N) is 1. The van der Waals surface area contributed by atoms with E-state index in [9.17, 15) is 14.7 Å². The van der Waals surface area contributed by atoms with Crippen LogP contribution in [0.4, 0.5) is 0 Å². The summed E-state index contributed by atoms with van der Waals surface area (Å²) in [5.41, 5.74) is -0.295. The summed E-state index contributed by atoms with van der Waals surface area (Å²) in [5.74, 6) is 0.276. The highest BCUT2D eigenvalue weighted by Gasteiger charge is 2.43. The van der Waals surface area contributed by atoms with Gasteiger partial charge in [-0.25, -0.2) is 4.79 Å². The second-order valence-corrected chi connectivity index (χ2v) is 5.47. The lowest BCUT2D eigenvalue weighted by molar-refractivity contribution is 0.0679. The summed E-state index contributed by atoms with van der Waals surface area (Å²) in [6.45, 7) is 0. The van der Waals surface area contributed by atoms with Gasteiger partial charge in [-0.2, -0.15) is 0 Å². The first kappa shape index (κ1) is 12.3. The van der Waals surface area contributed by atoms with E-state index in [-0.39, 0.29) is 22.9 Å². The Bertz CT molecular complexity index is 557. The zero-order valence-electron chi connectivity index (χ0n) is 10.8. The minimum absolute atomic E-state index is 0.0783. The Morgan fingerprint density at radius 1 is 1.37 bits per heavy atom. The van der Waals surface area contributed by atoms with Crippen LogP contribution in [0.2, 0.25) is 0 Å². The molecule has 5 nitrogen and oxygen atoms in total. The zero-order valence-corrected chi connectivity index (χ0v) is 10.8. The molecule has 2 saturated carbocycles. The molecule has 3 rings (SSSR count). The van der Waals surface area contributed by atoms with E-state index in [1.54, 1.807) is 10.8 Å². The Labute approximate surface area is 110 Å². The van der Waals surface area contributed by atoms with Crippen molar-refractivity contribution in [3.05, 3.63) is 28.2 Å². The van der Waals surface area contributed by atoms with E-state index in [0.29, 0.717) is 11.8 Å². The first-order valence-corrected chi connectivity index (χ1v) is 6.65. The Hall–Kier alpha value is -1.78. The number of carboxylic acid groups (broad SMARTS) is 1. The third-order valence-corrected chi connectivity index (χ3v) is 4.02. The first-order valence-electron chi connectivity index (χ1n) is 6.65. The van der Waals surface area contributed by atoms with E-state index in [1.165, 1.54) is 13.2 Å². The maximum absolute atomic E-state index is 11.7. The Morgan fingerprint density at radius 2 is 1.95 bits per heavy atom. The van der Waals surface area contributed by atoms with Crippen molar-refractivity contribution in [3.63, 3.8) is 0 Å². The van der Waals surface area contributed by atoms with Gasteiger partial charge in [0.05, 0.1) is 13.3 Å². The highest BCUT2D eigenvalue weighted by Crippen LogP contribution is 2.52. The summed E-state index contributed by atoms with van der Waals surface area (Å²) in [6.07, 6.45) is 6.17. The number of carbonyl (C=O) groups is 1. The van der Waals surface area contributed by atoms with Crippen molar-refractivity contribution >= 4 is 5.97 Å². The summed E-state index contributed by atoms with van der Waals surface area (Å²) in [6, 6.07) is 1.39. The average Bonchev–Trinajstić information content (AvgIpc) is 3.24. The zero-order chi connectivity index (χ0) is 13.6. The van der Waals surface area contributed by atoms with Crippen LogP contribution in [-0.4, -0.2) is 22.8 Å². The number of rotatable bonds is 5. The molecule has 1 heterocycles. The molecule has 0 unspecified atom stereocenters. The molecule has 2 aliphatic carbocycles. The summed E-state index contributed by atoms with van der Waals surface area (Å²) >= 11 is 0. The van der Waals surface area contributed by atoms with Gasteiger partial charge in [0.15, 0.2) is 5.75 Å². The maximum atomic E-state index is 11.7. The molecule has 19 heavy (non-hydrogen) atoms. The molecule has 1 aromatic heterocycles. The molecule has 1 N–H and O–H groups in total. The predicted molar refractivity (Wildman–Crippen MR) is 68.7 cm³/mol. The van der Waals surface area contributed by atoms with Gasteiger partial charge in [-0.05, 0) is 37.5 Å². The summed E-state index contributed by atoms with van der Waals surface area (Å²) < 4.78 is 6.81. The summed E-state index contributed by atoms with van der Waals surface area (Å²) in [4.78, 5) is 23.1. The predicted octanol–water partition coefficient (Wildman–Crippen LogP) is 1.92. The number of aromatic nitrogens is 1. The minimum Gasteiger partial charge on any atom is -0.491 e. The monoisotopic (exact) mass is 263 g/mol. The molecule has 5 heteroatoms. The molecule has 102 valence electrons. The summed E-state index contributed by atoms with van der Waals surface area (Å²) in [5, 5.41) is 9.31. The van der Waals surface area contributed by atoms with Crippen molar-refractivity contribution < 1.29 is 14.6 Å². The number of ether oxygens (including phenoxy) is 1.